The number of rotatable bonds is 8. The molecule has 1 aliphatic rings. The Hall–Kier alpha value is -1.91. The van der Waals surface area contributed by atoms with E-state index in [-0.39, 0.29) is 17.7 Å². The van der Waals surface area contributed by atoms with Gasteiger partial charge in [0.1, 0.15) is 5.82 Å². The zero-order valence-corrected chi connectivity index (χ0v) is 16.0. The summed E-state index contributed by atoms with van der Waals surface area (Å²) in [6, 6.07) is 5.80. The molecule has 0 aromatic heterocycles. The van der Waals surface area contributed by atoms with Crippen LogP contribution in [0.1, 0.15) is 62.7 Å². The van der Waals surface area contributed by atoms with Gasteiger partial charge in [0, 0.05) is 37.7 Å². The van der Waals surface area contributed by atoms with Gasteiger partial charge < -0.3 is 9.80 Å². The van der Waals surface area contributed by atoms with Crippen molar-refractivity contribution in [3.8, 4) is 0 Å². The largest absolute Gasteiger partial charge is 0.342 e. The number of hydrogen-bond donors (Lipinski definition) is 0. The number of nitrogens with zero attached hydrogens (tertiary/aromatic N) is 2. The van der Waals surface area contributed by atoms with Crippen molar-refractivity contribution in [3.63, 3.8) is 0 Å². The molecule has 1 heterocycles. The van der Waals surface area contributed by atoms with Crippen LogP contribution in [0.4, 0.5) is 4.39 Å². The molecule has 0 spiro atoms. The summed E-state index contributed by atoms with van der Waals surface area (Å²) in [6.07, 6.45) is 5.61. The Morgan fingerprint density at radius 2 is 1.73 bits per heavy atom. The molecule has 1 saturated heterocycles. The quantitative estimate of drug-likeness (QED) is 0.698. The molecule has 2 rings (SSSR count). The predicted molar refractivity (Wildman–Crippen MR) is 101 cm³/mol. The zero-order chi connectivity index (χ0) is 18.9. The average Bonchev–Trinajstić information content (AvgIpc) is 2.67. The Labute approximate surface area is 156 Å². The number of hydrogen-bond acceptors (Lipinski definition) is 2. The lowest BCUT2D eigenvalue weighted by molar-refractivity contribution is -0.137. The lowest BCUT2D eigenvalue weighted by Crippen LogP contribution is -2.45. The van der Waals surface area contributed by atoms with Crippen molar-refractivity contribution in [3.05, 3.63) is 35.6 Å². The van der Waals surface area contributed by atoms with Crippen LogP contribution in [0.25, 0.3) is 0 Å². The number of likely N-dealkylation sites (tertiary alicyclic amines) is 1. The molecule has 144 valence electrons. The third kappa shape index (κ3) is 5.55. The molecule has 0 radical (unpaired) electrons. The van der Waals surface area contributed by atoms with Gasteiger partial charge in [-0.2, -0.15) is 0 Å². The molecule has 0 N–H and O–H groups in total. The number of halogens is 1. The van der Waals surface area contributed by atoms with Crippen molar-refractivity contribution in [2.45, 2.75) is 52.4 Å². The first-order chi connectivity index (χ1) is 12.6. The Kier molecular flexibility index (Phi) is 8.07. The van der Waals surface area contributed by atoms with E-state index in [0.29, 0.717) is 31.5 Å². The van der Waals surface area contributed by atoms with Crippen LogP contribution in [0, 0.1) is 11.7 Å². The summed E-state index contributed by atoms with van der Waals surface area (Å²) in [5.41, 5.74) is 0.377. The van der Waals surface area contributed by atoms with E-state index in [0.717, 1.165) is 38.8 Å². The smallest absolute Gasteiger partial charge is 0.253 e. The van der Waals surface area contributed by atoms with Crippen LogP contribution in [-0.4, -0.2) is 47.8 Å². The SMILES string of the molecule is CCCCN(CCCC)C(=O)C1CCN(C(=O)c2cccc(F)c2)CC1. The maximum atomic E-state index is 13.3. The van der Waals surface area contributed by atoms with Crippen LogP contribution < -0.4 is 0 Å². The van der Waals surface area contributed by atoms with Crippen molar-refractivity contribution in [2.75, 3.05) is 26.2 Å². The number of piperidine rings is 1. The summed E-state index contributed by atoms with van der Waals surface area (Å²) >= 11 is 0. The number of carbonyl (C=O) groups excluding carboxylic acids is 2. The number of carbonyl (C=O) groups is 2. The lowest BCUT2D eigenvalue weighted by atomic mass is 9.94. The van der Waals surface area contributed by atoms with E-state index < -0.39 is 5.82 Å². The molecule has 0 saturated carbocycles. The predicted octanol–water partition coefficient (Wildman–Crippen LogP) is 4.11. The van der Waals surface area contributed by atoms with Gasteiger partial charge in [-0.15, -0.1) is 0 Å². The van der Waals surface area contributed by atoms with Gasteiger partial charge in [-0.25, -0.2) is 4.39 Å². The van der Waals surface area contributed by atoms with E-state index in [2.05, 4.69) is 13.8 Å². The van der Waals surface area contributed by atoms with Crippen LogP contribution in [0.5, 0.6) is 0 Å². The van der Waals surface area contributed by atoms with E-state index in [1.165, 1.54) is 12.1 Å². The standard InChI is InChI=1S/C21H31FN2O2/c1-3-5-12-23(13-6-4-2)20(25)17-10-14-24(15-11-17)21(26)18-8-7-9-19(22)16-18/h7-9,16-17H,3-6,10-15H2,1-2H3. The van der Waals surface area contributed by atoms with Gasteiger partial charge in [-0.05, 0) is 43.9 Å². The van der Waals surface area contributed by atoms with Gasteiger partial charge in [-0.3, -0.25) is 9.59 Å². The molecule has 5 heteroatoms. The molecule has 0 aliphatic carbocycles. The lowest BCUT2D eigenvalue weighted by Gasteiger charge is -2.34. The van der Waals surface area contributed by atoms with Gasteiger partial charge in [0.25, 0.3) is 5.91 Å². The minimum Gasteiger partial charge on any atom is -0.342 e. The second kappa shape index (κ2) is 10.3. The molecule has 0 unspecified atom stereocenters. The summed E-state index contributed by atoms with van der Waals surface area (Å²) in [5.74, 6) is -0.308. The third-order valence-corrected chi connectivity index (χ3v) is 5.08. The fraction of sp³-hybridized carbons (Fsp3) is 0.619. The first-order valence-electron chi connectivity index (χ1n) is 9.90. The first kappa shape index (κ1) is 20.4. The molecular weight excluding hydrogens is 331 g/mol. The minimum atomic E-state index is -0.400. The molecule has 0 bridgehead atoms. The highest BCUT2D eigenvalue weighted by Crippen LogP contribution is 2.22. The zero-order valence-electron chi connectivity index (χ0n) is 16.0. The Morgan fingerprint density at radius 1 is 1.12 bits per heavy atom. The van der Waals surface area contributed by atoms with E-state index in [1.807, 2.05) is 4.90 Å². The van der Waals surface area contributed by atoms with E-state index in [9.17, 15) is 14.0 Å². The van der Waals surface area contributed by atoms with Gasteiger partial charge in [0.15, 0.2) is 0 Å². The molecule has 0 atom stereocenters. The number of benzene rings is 1. The van der Waals surface area contributed by atoms with E-state index in [1.54, 1.807) is 17.0 Å². The molecule has 1 fully saturated rings. The summed E-state index contributed by atoms with van der Waals surface area (Å²) in [7, 11) is 0. The summed E-state index contributed by atoms with van der Waals surface area (Å²) in [6.45, 7) is 7.05. The normalized spacial score (nSPS) is 15.1. The topological polar surface area (TPSA) is 40.6 Å². The van der Waals surface area contributed by atoms with Crippen molar-refractivity contribution >= 4 is 11.8 Å². The van der Waals surface area contributed by atoms with Crippen molar-refractivity contribution in [1.82, 2.24) is 9.80 Å². The Morgan fingerprint density at radius 3 is 2.27 bits per heavy atom. The highest BCUT2D eigenvalue weighted by molar-refractivity contribution is 5.94. The maximum absolute atomic E-state index is 13.3. The van der Waals surface area contributed by atoms with Crippen LogP contribution in [0.15, 0.2) is 24.3 Å². The third-order valence-electron chi connectivity index (χ3n) is 5.08. The fourth-order valence-electron chi connectivity index (χ4n) is 3.42. The van der Waals surface area contributed by atoms with Gasteiger partial charge in [-0.1, -0.05) is 32.8 Å². The number of unbranched alkanes of at least 4 members (excludes halogenated alkanes) is 2. The van der Waals surface area contributed by atoms with Crippen LogP contribution >= 0.6 is 0 Å². The van der Waals surface area contributed by atoms with Crippen molar-refractivity contribution in [2.24, 2.45) is 5.92 Å². The summed E-state index contributed by atoms with van der Waals surface area (Å²) in [4.78, 5) is 29.1. The summed E-state index contributed by atoms with van der Waals surface area (Å²) < 4.78 is 13.3. The van der Waals surface area contributed by atoms with Crippen molar-refractivity contribution in [1.29, 1.82) is 0 Å². The van der Waals surface area contributed by atoms with Crippen LogP contribution in [0.2, 0.25) is 0 Å². The Balaban J connectivity index is 1.91. The highest BCUT2D eigenvalue weighted by atomic mass is 19.1. The molecule has 2 amide bonds. The molecular formula is C21H31FN2O2. The van der Waals surface area contributed by atoms with E-state index in [4.69, 9.17) is 0 Å². The fourth-order valence-corrected chi connectivity index (χ4v) is 3.42. The number of amides is 2. The van der Waals surface area contributed by atoms with Crippen molar-refractivity contribution < 1.29 is 14.0 Å². The molecule has 4 nitrogen and oxygen atoms in total. The monoisotopic (exact) mass is 362 g/mol. The summed E-state index contributed by atoms with van der Waals surface area (Å²) in [5, 5.41) is 0. The molecule has 1 aromatic carbocycles. The molecule has 1 aliphatic heterocycles. The Bertz CT molecular complexity index is 589. The molecule has 26 heavy (non-hydrogen) atoms. The van der Waals surface area contributed by atoms with E-state index >= 15 is 0 Å². The van der Waals surface area contributed by atoms with Gasteiger partial charge in [0.2, 0.25) is 5.91 Å². The second-order valence-corrected chi connectivity index (χ2v) is 7.11. The van der Waals surface area contributed by atoms with Crippen LogP contribution in [-0.2, 0) is 4.79 Å². The highest BCUT2D eigenvalue weighted by Gasteiger charge is 2.30. The maximum Gasteiger partial charge on any atom is 0.253 e. The van der Waals surface area contributed by atoms with Crippen LogP contribution in [0.3, 0.4) is 0 Å². The van der Waals surface area contributed by atoms with Gasteiger partial charge in [0.05, 0.1) is 0 Å². The first-order valence-corrected chi connectivity index (χ1v) is 9.90. The van der Waals surface area contributed by atoms with Gasteiger partial charge >= 0.3 is 0 Å². The average molecular weight is 362 g/mol. The molecule has 1 aromatic rings. The minimum absolute atomic E-state index is 0.000252. The second-order valence-electron chi connectivity index (χ2n) is 7.11.